The van der Waals surface area contributed by atoms with Crippen LogP contribution in [0.3, 0.4) is 0 Å². The van der Waals surface area contributed by atoms with Crippen LogP contribution < -0.4 is 5.56 Å². The van der Waals surface area contributed by atoms with Crippen molar-refractivity contribution < 1.29 is 0 Å². The van der Waals surface area contributed by atoms with E-state index in [9.17, 15) is 10.1 Å². The summed E-state index contributed by atoms with van der Waals surface area (Å²) < 4.78 is 3.81. The second kappa shape index (κ2) is 6.00. The molecule has 2 aromatic carbocycles. The highest BCUT2D eigenvalue weighted by Crippen LogP contribution is 2.30. The minimum Gasteiger partial charge on any atom is -0.320 e. The maximum Gasteiger partial charge on any atom is 0.260 e. The Kier molecular flexibility index (Phi) is 3.60. The molecule has 0 N–H and O–H groups in total. The quantitative estimate of drug-likeness (QED) is 0.525. The lowest BCUT2D eigenvalue weighted by Crippen LogP contribution is -2.20. The van der Waals surface area contributed by atoms with Crippen LogP contribution >= 0.6 is 11.6 Å². The van der Waals surface area contributed by atoms with Gasteiger partial charge in [-0.2, -0.15) is 5.26 Å². The van der Waals surface area contributed by atoms with Crippen LogP contribution in [0.1, 0.15) is 28.7 Å². The smallest absolute Gasteiger partial charge is 0.260 e. The zero-order valence-electron chi connectivity index (χ0n) is 14.6. The number of hydrogen-bond acceptors (Lipinski definition) is 2. The van der Waals surface area contributed by atoms with E-state index in [0.29, 0.717) is 22.8 Å². The van der Waals surface area contributed by atoms with Gasteiger partial charge in [0.25, 0.3) is 5.56 Å². The molecule has 0 aliphatic heterocycles. The molecule has 0 saturated heterocycles. The summed E-state index contributed by atoms with van der Waals surface area (Å²) >= 11 is 6.02. The molecule has 5 rings (SSSR count). The fourth-order valence-corrected chi connectivity index (χ4v) is 4.38. The van der Waals surface area contributed by atoms with E-state index in [-0.39, 0.29) is 5.56 Å². The van der Waals surface area contributed by atoms with Gasteiger partial charge in [0.15, 0.2) is 0 Å². The molecule has 1 aliphatic carbocycles. The molecule has 0 atom stereocenters. The Morgan fingerprint density at radius 2 is 1.70 bits per heavy atom. The Labute approximate surface area is 160 Å². The third kappa shape index (κ3) is 2.32. The third-order valence-electron chi connectivity index (χ3n) is 5.45. The molecule has 0 amide bonds. The van der Waals surface area contributed by atoms with Crippen molar-refractivity contribution in [2.75, 3.05) is 0 Å². The molecule has 0 radical (unpaired) electrons. The molecule has 27 heavy (non-hydrogen) atoms. The summed E-state index contributed by atoms with van der Waals surface area (Å²) in [6, 6.07) is 17.9. The van der Waals surface area contributed by atoms with Crippen molar-refractivity contribution in [3.63, 3.8) is 0 Å². The summed E-state index contributed by atoms with van der Waals surface area (Å²) in [6.07, 6.45) is 2.48. The lowest BCUT2D eigenvalue weighted by Gasteiger charge is -2.10. The fraction of sp³-hybridized carbons (Fsp3) is 0.182. The molecular formula is C22H16ClN3O. The first kappa shape index (κ1) is 16.2. The van der Waals surface area contributed by atoms with Crippen LogP contribution in [0.25, 0.3) is 16.7 Å². The number of fused-ring (bicyclic) bond motifs is 4. The lowest BCUT2D eigenvalue weighted by molar-refractivity contribution is 0.848. The summed E-state index contributed by atoms with van der Waals surface area (Å²) in [5, 5.41) is 10.6. The van der Waals surface area contributed by atoms with Gasteiger partial charge in [0.2, 0.25) is 0 Å². The Hall–Kier alpha value is -3.03. The standard InChI is InChI=1S/C22H16ClN3O/c23-15-10-8-14(9-11-15)13-25-19-6-1-2-7-20(19)26-21(25)18(12-24)16-4-3-5-17(16)22(26)27/h1-2,6-11H,3-5,13H2. The molecule has 0 fully saturated rings. The van der Waals surface area contributed by atoms with Crippen molar-refractivity contribution in [1.82, 2.24) is 8.97 Å². The second-order valence-corrected chi connectivity index (χ2v) is 7.40. The summed E-state index contributed by atoms with van der Waals surface area (Å²) in [5.41, 5.74) is 5.94. The van der Waals surface area contributed by atoms with E-state index >= 15 is 0 Å². The van der Waals surface area contributed by atoms with E-state index in [0.717, 1.165) is 47.0 Å². The molecule has 0 spiro atoms. The summed E-state index contributed by atoms with van der Waals surface area (Å²) in [4.78, 5) is 13.2. The molecule has 4 nitrogen and oxygen atoms in total. The number of halogens is 1. The van der Waals surface area contributed by atoms with Crippen molar-refractivity contribution in [3.05, 3.63) is 86.2 Å². The first-order chi connectivity index (χ1) is 13.2. The molecule has 0 bridgehead atoms. The van der Waals surface area contributed by atoms with Gasteiger partial charge in [0.1, 0.15) is 11.7 Å². The van der Waals surface area contributed by atoms with Crippen molar-refractivity contribution in [2.24, 2.45) is 0 Å². The van der Waals surface area contributed by atoms with E-state index in [2.05, 4.69) is 10.6 Å². The highest BCUT2D eigenvalue weighted by molar-refractivity contribution is 6.30. The summed E-state index contributed by atoms with van der Waals surface area (Å²) in [6.45, 7) is 0.571. The summed E-state index contributed by atoms with van der Waals surface area (Å²) in [7, 11) is 0. The topological polar surface area (TPSA) is 50.2 Å². The van der Waals surface area contributed by atoms with E-state index in [4.69, 9.17) is 11.6 Å². The highest BCUT2D eigenvalue weighted by atomic mass is 35.5. The maximum absolute atomic E-state index is 13.2. The average Bonchev–Trinajstić information content (AvgIpc) is 3.29. The van der Waals surface area contributed by atoms with Crippen LogP contribution in [-0.4, -0.2) is 8.97 Å². The number of pyridine rings is 1. The van der Waals surface area contributed by atoms with Crippen LogP contribution in [0.4, 0.5) is 0 Å². The third-order valence-corrected chi connectivity index (χ3v) is 5.70. The van der Waals surface area contributed by atoms with E-state index < -0.39 is 0 Å². The maximum atomic E-state index is 13.2. The normalized spacial score (nSPS) is 13.2. The number of nitrogens with zero attached hydrogens (tertiary/aromatic N) is 3. The zero-order valence-corrected chi connectivity index (χ0v) is 15.3. The average molecular weight is 374 g/mol. The molecule has 0 unspecified atom stereocenters. The molecule has 132 valence electrons. The SMILES string of the molecule is N#Cc1c2c(c(=O)n3c4ccccc4n(Cc4ccc(Cl)cc4)c13)CCC2. The molecule has 0 saturated carbocycles. The van der Waals surface area contributed by atoms with Gasteiger partial charge in [-0.3, -0.25) is 9.20 Å². The number of aromatic nitrogens is 2. The monoisotopic (exact) mass is 373 g/mol. The Balaban J connectivity index is 1.91. The van der Waals surface area contributed by atoms with E-state index in [1.165, 1.54) is 0 Å². The van der Waals surface area contributed by atoms with Crippen LogP contribution in [-0.2, 0) is 19.4 Å². The Bertz CT molecular complexity index is 1310. The minimum absolute atomic E-state index is 0.0163. The molecule has 4 aromatic rings. The van der Waals surface area contributed by atoms with Gasteiger partial charge in [-0.15, -0.1) is 0 Å². The predicted molar refractivity (Wildman–Crippen MR) is 106 cm³/mol. The Morgan fingerprint density at radius 1 is 1.00 bits per heavy atom. The number of hydrogen-bond donors (Lipinski definition) is 0. The molecule has 2 aromatic heterocycles. The van der Waals surface area contributed by atoms with Gasteiger partial charge in [-0.25, -0.2) is 0 Å². The second-order valence-electron chi connectivity index (χ2n) is 6.96. The van der Waals surface area contributed by atoms with Crippen molar-refractivity contribution in [2.45, 2.75) is 25.8 Å². The van der Waals surface area contributed by atoms with E-state index in [1.54, 1.807) is 4.40 Å². The van der Waals surface area contributed by atoms with Crippen molar-refractivity contribution in [3.8, 4) is 6.07 Å². The van der Waals surface area contributed by atoms with Crippen LogP contribution in [0.15, 0.2) is 53.3 Å². The highest BCUT2D eigenvalue weighted by Gasteiger charge is 2.26. The van der Waals surface area contributed by atoms with Gasteiger partial charge in [0, 0.05) is 17.1 Å². The van der Waals surface area contributed by atoms with Crippen LogP contribution in [0, 0.1) is 11.3 Å². The number of para-hydroxylation sites is 2. The molecule has 1 aliphatic rings. The minimum atomic E-state index is 0.0163. The number of benzene rings is 2. The van der Waals surface area contributed by atoms with Gasteiger partial charge < -0.3 is 4.57 Å². The van der Waals surface area contributed by atoms with Crippen LogP contribution in [0.2, 0.25) is 5.02 Å². The van der Waals surface area contributed by atoms with Crippen molar-refractivity contribution in [1.29, 1.82) is 5.26 Å². The van der Waals surface area contributed by atoms with Gasteiger partial charge in [-0.05, 0) is 54.7 Å². The van der Waals surface area contributed by atoms with Gasteiger partial charge >= 0.3 is 0 Å². The number of nitriles is 1. The zero-order chi connectivity index (χ0) is 18.5. The van der Waals surface area contributed by atoms with E-state index in [1.807, 2.05) is 48.5 Å². The first-order valence-electron chi connectivity index (χ1n) is 9.01. The van der Waals surface area contributed by atoms with Crippen LogP contribution in [0.5, 0.6) is 0 Å². The number of rotatable bonds is 2. The largest absolute Gasteiger partial charge is 0.320 e. The Morgan fingerprint density at radius 3 is 2.44 bits per heavy atom. The first-order valence-corrected chi connectivity index (χ1v) is 9.39. The lowest BCUT2D eigenvalue weighted by atomic mass is 10.1. The molecule has 2 heterocycles. The number of imidazole rings is 1. The van der Waals surface area contributed by atoms with Gasteiger partial charge in [0.05, 0.1) is 16.6 Å². The molecular weight excluding hydrogens is 358 g/mol. The summed E-state index contributed by atoms with van der Waals surface area (Å²) in [5.74, 6) is 0. The molecule has 5 heteroatoms. The predicted octanol–water partition coefficient (Wildman–Crippen LogP) is 4.32. The van der Waals surface area contributed by atoms with Crippen molar-refractivity contribution >= 4 is 28.3 Å². The fourth-order valence-electron chi connectivity index (χ4n) is 4.26. The van der Waals surface area contributed by atoms with Gasteiger partial charge in [-0.1, -0.05) is 35.9 Å².